The number of pyridine rings is 1. The number of rotatable bonds is 2. The molecule has 0 radical (unpaired) electrons. The Balaban J connectivity index is 1.75. The summed E-state index contributed by atoms with van der Waals surface area (Å²) in [6.07, 6.45) is 0. The third-order valence-corrected chi connectivity index (χ3v) is 5.60. The number of non-ortho nitro benzene ring substituents is 1. The first-order valence-electron chi connectivity index (χ1n) is 9.13. The van der Waals surface area contributed by atoms with Crippen molar-refractivity contribution in [3.63, 3.8) is 0 Å². The van der Waals surface area contributed by atoms with Crippen LogP contribution in [0.5, 0.6) is 0 Å². The van der Waals surface area contributed by atoms with Crippen LogP contribution in [-0.2, 0) is 0 Å². The molecule has 132 valence electrons. The van der Waals surface area contributed by atoms with Gasteiger partial charge in [0.1, 0.15) is 0 Å². The summed E-state index contributed by atoms with van der Waals surface area (Å²) < 4.78 is 2.29. The van der Waals surface area contributed by atoms with Crippen LogP contribution in [0.3, 0.4) is 0 Å². The maximum atomic E-state index is 11.0. The van der Waals surface area contributed by atoms with Crippen molar-refractivity contribution in [2.75, 3.05) is 0 Å². The molecule has 28 heavy (non-hydrogen) atoms. The SMILES string of the molecule is O=[N+]([O-])c1ccc(-c2cc3cccc4c5cc6ccccc6cc5c2n34)cc1. The first-order valence-corrected chi connectivity index (χ1v) is 9.13. The third-order valence-electron chi connectivity index (χ3n) is 5.60. The van der Waals surface area contributed by atoms with Gasteiger partial charge in [-0.25, -0.2) is 0 Å². The molecule has 0 aliphatic rings. The molecule has 4 heteroatoms. The van der Waals surface area contributed by atoms with Crippen molar-refractivity contribution in [1.29, 1.82) is 0 Å². The maximum absolute atomic E-state index is 11.0. The van der Waals surface area contributed by atoms with Gasteiger partial charge in [0.15, 0.2) is 0 Å². The molecule has 0 bridgehead atoms. The lowest BCUT2D eigenvalue weighted by Gasteiger charge is -2.01. The minimum Gasteiger partial charge on any atom is -0.309 e. The minimum absolute atomic E-state index is 0.107. The molecule has 0 spiro atoms. The van der Waals surface area contributed by atoms with Crippen molar-refractivity contribution in [3.05, 3.63) is 95.0 Å². The number of fused-ring (bicyclic) bond motifs is 4. The largest absolute Gasteiger partial charge is 0.309 e. The summed E-state index contributed by atoms with van der Waals surface area (Å²) in [5.41, 5.74) is 5.64. The number of hydrogen-bond donors (Lipinski definition) is 0. The van der Waals surface area contributed by atoms with Crippen molar-refractivity contribution in [2.45, 2.75) is 0 Å². The average Bonchev–Trinajstić information content (AvgIpc) is 3.27. The zero-order valence-corrected chi connectivity index (χ0v) is 14.8. The monoisotopic (exact) mass is 362 g/mol. The van der Waals surface area contributed by atoms with E-state index in [1.807, 2.05) is 12.1 Å². The predicted octanol–water partition coefficient (Wildman–Crippen LogP) is 6.41. The Bertz CT molecular complexity index is 1530. The fourth-order valence-electron chi connectivity index (χ4n) is 4.33. The Labute approximate surface area is 159 Å². The van der Waals surface area contributed by atoms with Gasteiger partial charge in [-0.05, 0) is 58.8 Å². The summed E-state index contributed by atoms with van der Waals surface area (Å²) in [6.45, 7) is 0. The molecular formula is C24H14N2O2. The van der Waals surface area contributed by atoms with Crippen molar-refractivity contribution in [1.82, 2.24) is 4.40 Å². The number of nitrogens with zero attached hydrogens (tertiary/aromatic N) is 2. The Kier molecular flexibility index (Phi) is 2.87. The molecule has 6 aromatic rings. The van der Waals surface area contributed by atoms with Crippen LogP contribution in [-0.4, -0.2) is 9.32 Å². The Morgan fingerprint density at radius 1 is 0.750 bits per heavy atom. The van der Waals surface area contributed by atoms with E-state index in [1.165, 1.54) is 27.1 Å². The molecule has 0 saturated heterocycles. The second kappa shape index (κ2) is 5.30. The summed E-state index contributed by atoms with van der Waals surface area (Å²) in [7, 11) is 0. The topological polar surface area (TPSA) is 47.5 Å². The van der Waals surface area contributed by atoms with Gasteiger partial charge in [0.05, 0.1) is 16.0 Å². The molecule has 0 unspecified atom stereocenters. The fraction of sp³-hybridized carbons (Fsp3) is 0. The van der Waals surface area contributed by atoms with Gasteiger partial charge in [0, 0.05) is 34.0 Å². The van der Waals surface area contributed by atoms with Gasteiger partial charge in [0.2, 0.25) is 0 Å². The van der Waals surface area contributed by atoms with Crippen LogP contribution in [0.1, 0.15) is 0 Å². The lowest BCUT2D eigenvalue weighted by atomic mass is 10.0. The standard InChI is InChI=1S/C24H14N2O2/c27-26(28)18-10-8-15(9-11-18)20-14-19-6-3-7-23-21-12-16-4-1-2-5-17(16)13-22(21)24(20)25(19)23/h1-14H. The smallest absolute Gasteiger partial charge is 0.269 e. The molecular weight excluding hydrogens is 348 g/mol. The second-order valence-electron chi connectivity index (χ2n) is 7.13. The van der Waals surface area contributed by atoms with E-state index in [2.05, 4.69) is 65.1 Å². The normalized spacial score (nSPS) is 11.9. The van der Waals surface area contributed by atoms with Gasteiger partial charge in [-0.3, -0.25) is 10.1 Å². The molecule has 4 nitrogen and oxygen atoms in total. The molecule has 3 aromatic heterocycles. The Hall–Kier alpha value is -3.92. The second-order valence-corrected chi connectivity index (χ2v) is 7.13. The average molecular weight is 362 g/mol. The van der Waals surface area contributed by atoms with E-state index in [0.717, 1.165) is 22.2 Å². The number of benzene rings is 3. The van der Waals surface area contributed by atoms with E-state index in [9.17, 15) is 10.1 Å². The molecule has 0 aliphatic carbocycles. The first-order chi connectivity index (χ1) is 13.7. The van der Waals surface area contributed by atoms with Crippen molar-refractivity contribution in [2.24, 2.45) is 0 Å². The van der Waals surface area contributed by atoms with Gasteiger partial charge in [-0.1, -0.05) is 30.3 Å². The molecule has 0 aliphatic heterocycles. The lowest BCUT2D eigenvalue weighted by Crippen LogP contribution is -1.87. The van der Waals surface area contributed by atoms with Crippen LogP contribution in [0.15, 0.2) is 84.9 Å². The molecule has 6 rings (SSSR count). The van der Waals surface area contributed by atoms with Gasteiger partial charge in [0.25, 0.3) is 5.69 Å². The molecule has 0 fully saturated rings. The summed E-state index contributed by atoms with van der Waals surface area (Å²) >= 11 is 0. The van der Waals surface area contributed by atoms with Gasteiger partial charge < -0.3 is 4.40 Å². The highest BCUT2D eigenvalue weighted by Crippen LogP contribution is 2.40. The molecule has 0 saturated carbocycles. The number of aromatic nitrogens is 1. The third kappa shape index (κ3) is 1.94. The fourth-order valence-corrected chi connectivity index (χ4v) is 4.33. The van der Waals surface area contributed by atoms with E-state index in [4.69, 9.17) is 0 Å². The van der Waals surface area contributed by atoms with Gasteiger partial charge in [-0.15, -0.1) is 0 Å². The Morgan fingerprint density at radius 3 is 2.18 bits per heavy atom. The van der Waals surface area contributed by atoms with Crippen LogP contribution in [0.25, 0.3) is 49.2 Å². The highest BCUT2D eigenvalue weighted by Gasteiger charge is 2.18. The van der Waals surface area contributed by atoms with Crippen LogP contribution >= 0.6 is 0 Å². The molecule has 0 N–H and O–H groups in total. The van der Waals surface area contributed by atoms with Crippen LogP contribution in [0.4, 0.5) is 5.69 Å². The van der Waals surface area contributed by atoms with E-state index in [0.29, 0.717) is 0 Å². The summed E-state index contributed by atoms with van der Waals surface area (Å²) in [4.78, 5) is 10.6. The quantitative estimate of drug-likeness (QED) is 0.264. The van der Waals surface area contributed by atoms with Crippen molar-refractivity contribution >= 4 is 43.8 Å². The minimum atomic E-state index is -0.363. The zero-order valence-electron chi connectivity index (χ0n) is 14.8. The number of hydrogen-bond acceptors (Lipinski definition) is 2. The van der Waals surface area contributed by atoms with Crippen molar-refractivity contribution < 1.29 is 4.92 Å². The predicted molar refractivity (Wildman–Crippen MR) is 113 cm³/mol. The molecule has 3 aromatic carbocycles. The highest BCUT2D eigenvalue weighted by molar-refractivity contribution is 6.18. The number of nitro groups is 1. The zero-order chi connectivity index (χ0) is 18.8. The maximum Gasteiger partial charge on any atom is 0.269 e. The number of nitro benzene ring substituents is 1. The van der Waals surface area contributed by atoms with Crippen LogP contribution < -0.4 is 0 Å². The van der Waals surface area contributed by atoms with Crippen molar-refractivity contribution in [3.8, 4) is 11.1 Å². The summed E-state index contributed by atoms with van der Waals surface area (Å²) in [6, 6.07) is 28.2. The van der Waals surface area contributed by atoms with E-state index < -0.39 is 0 Å². The molecule has 0 atom stereocenters. The molecule has 3 heterocycles. The van der Waals surface area contributed by atoms with Crippen LogP contribution in [0.2, 0.25) is 0 Å². The molecule has 0 amide bonds. The lowest BCUT2D eigenvalue weighted by molar-refractivity contribution is -0.384. The van der Waals surface area contributed by atoms with E-state index in [1.54, 1.807) is 12.1 Å². The summed E-state index contributed by atoms with van der Waals surface area (Å²) in [5.74, 6) is 0. The van der Waals surface area contributed by atoms with E-state index >= 15 is 0 Å². The van der Waals surface area contributed by atoms with Crippen LogP contribution in [0, 0.1) is 10.1 Å². The summed E-state index contributed by atoms with van der Waals surface area (Å²) in [5, 5.41) is 15.9. The highest BCUT2D eigenvalue weighted by atomic mass is 16.6. The van der Waals surface area contributed by atoms with Gasteiger partial charge in [-0.2, -0.15) is 0 Å². The first kappa shape index (κ1) is 15.2. The Morgan fingerprint density at radius 2 is 1.46 bits per heavy atom. The van der Waals surface area contributed by atoms with Gasteiger partial charge >= 0.3 is 0 Å². The van der Waals surface area contributed by atoms with E-state index in [-0.39, 0.29) is 10.6 Å².